The van der Waals surface area contributed by atoms with Crippen molar-refractivity contribution < 1.29 is 4.79 Å². The molecule has 0 bridgehead atoms. The highest BCUT2D eigenvalue weighted by Crippen LogP contribution is 2.41. The summed E-state index contributed by atoms with van der Waals surface area (Å²) in [6.45, 7) is 2.00. The summed E-state index contributed by atoms with van der Waals surface area (Å²) in [5, 5.41) is 11.2. The third kappa shape index (κ3) is 3.58. The lowest BCUT2D eigenvalue weighted by atomic mass is 9.71. The van der Waals surface area contributed by atoms with E-state index in [1.807, 2.05) is 35.1 Å². The zero-order valence-corrected chi connectivity index (χ0v) is 15.1. The van der Waals surface area contributed by atoms with Crippen LogP contribution in [0.25, 0.3) is 0 Å². The van der Waals surface area contributed by atoms with Gasteiger partial charge in [0.25, 0.3) is 5.91 Å². The summed E-state index contributed by atoms with van der Waals surface area (Å²) in [6, 6.07) is 12.5. The molecule has 1 aliphatic carbocycles. The van der Waals surface area contributed by atoms with Crippen LogP contribution in [0.2, 0.25) is 0 Å². The molecule has 1 aromatic heterocycles. The van der Waals surface area contributed by atoms with E-state index in [-0.39, 0.29) is 23.9 Å². The first-order valence-electron chi connectivity index (χ1n) is 8.91. The number of rotatable bonds is 4. The van der Waals surface area contributed by atoms with Crippen molar-refractivity contribution in [1.82, 2.24) is 20.4 Å². The molecule has 25 heavy (non-hydrogen) atoms. The SMILES string of the molecule is Cl.O=C(NC1(c2ccccc2)CCC1)c1ccn(C2CCCNC2)n1. The third-order valence-corrected chi connectivity index (χ3v) is 5.37. The van der Waals surface area contributed by atoms with Crippen LogP contribution in [-0.2, 0) is 5.54 Å². The van der Waals surface area contributed by atoms with Crippen LogP contribution in [0.3, 0.4) is 0 Å². The van der Waals surface area contributed by atoms with E-state index in [2.05, 4.69) is 27.9 Å². The third-order valence-electron chi connectivity index (χ3n) is 5.37. The second-order valence-electron chi connectivity index (χ2n) is 6.94. The van der Waals surface area contributed by atoms with E-state index in [0.717, 1.165) is 45.2 Å². The van der Waals surface area contributed by atoms with E-state index in [0.29, 0.717) is 11.7 Å². The highest BCUT2D eigenvalue weighted by molar-refractivity contribution is 5.92. The topological polar surface area (TPSA) is 59.0 Å². The van der Waals surface area contributed by atoms with Crippen molar-refractivity contribution in [1.29, 1.82) is 0 Å². The van der Waals surface area contributed by atoms with Gasteiger partial charge >= 0.3 is 0 Å². The van der Waals surface area contributed by atoms with Crippen molar-refractivity contribution in [2.45, 2.75) is 43.7 Å². The molecule has 1 amide bonds. The van der Waals surface area contributed by atoms with Crippen molar-refractivity contribution in [3.05, 3.63) is 53.9 Å². The summed E-state index contributed by atoms with van der Waals surface area (Å²) in [5.41, 5.74) is 1.50. The van der Waals surface area contributed by atoms with Crippen LogP contribution in [0, 0.1) is 0 Å². The number of hydrogen-bond acceptors (Lipinski definition) is 3. The highest BCUT2D eigenvalue weighted by atomic mass is 35.5. The fourth-order valence-electron chi connectivity index (χ4n) is 3.78. The van der Waals surface area contributed by atoms with Gasteiger partial charge in [-0.3, -0.25) is 9.48 Å². The smallest absolute Gasteiger partial charge is 0.272 e. The zero-order valence-electron chi connectivity index (χ0n) is 14.3. The Labute approximate surface area is 154 Å². The molecule has 5 nitrogen and oxygen atoms in total. The quantitative estimate of drug-likeness (QED) is 0.881. The number of carbonyl (C=O) groups is 1. The first kappa shape index (κ1) is 18.0. The Bertz CT molecular complexity index is 705. The summed E-state index contributed by atoms with van der Waals surface area (Å²) < 4.78 is 1.94. The molecule has 0 spiro atoms. The van der Waals surface area contributed by atoms with Gasteiger partial charge in [-0.2, -0.15) is 5.10 Å². The largest absolute Gasteiger partial charge is 0.341 e. The molecule has 2 heterocycles. The Morgan fingerprint density at radius 1 is 1.20 bits per heavy atom. The standard InChI is InChI=1S/C19H24N4O.ClH/c24-18(17-9-13-23(22-17)16-8-4-12-20-14-16)21-19(10-5-11-19)15-6-2-1-3-7-15;/h1-3,6-7,9,13,16,20H,4-5,8,10-12,14H2,(H,21,24);1H. The van der Waals surface area contributed by atoms with Gasteiger partial charge < -0.3 is 10.6 Å². The van der Waals surface area contributed by atoms with Gasteiger partial charge in [0, 0.05) is 12.7 Å². The number of amides is 1. The molecule has 1 unspecified atom stereocenters. The van der Waals surface area contributed by atoms with E-state index < -0.39 is 0 Å². The Hall–Kier alpha value is -1.85. The molecular weight excluding hydrogens is 336 g/mol. The molecule has 1 saturated carbocycles. The Morgan fingerprint density at radius 2 is 2.00 bits per heavy atom. The maximum Gasteiger partial charge on any atom is 0.272 e. The van der Waals surface area contributed by atoms with Gasteiger partial charge in [-0.15, -0.1) is 12.4 Å². The zero-order chi connectivity index (χ0) is 16.4. The van der Waals surface area contributed by atoms with Crippen LogP contribution in [-0.4, -0.2) is 28.8 Å². The van der Waals surface area contributed by atoms with Crippen LogP contribution >= 0.6 is 12.4 Å². The number of benzene rings is 1. The Morgan fingerprint density at radius 3 is 2.64 bits per heavy atom. The average molecular weight is 361 g/mol. The number of piperidine rings is 1. The van der Waals surface area contributed by atoms with Crippen LogP contribution in [0.4, 0.5) is 0 Å². The average Bonchev–Trinajstić information content (AvgIpc) is 3.10. The van der Waals surface area contributed by atoms with E-state index in [1.54, 1.807) is 0 Å². The second kappa shape index (κ2) is 7.58. The van der Waals surface area contributed by atoms with Gasteiger partial charge in [-0.1, -0.05) is 30.3 Å². The number of halogens is 1. The van der Waals surface area contributed by atoms with Crippen molar-refractivity contribution in [3.63, 3.8) is 0 Å². The molecule has 2 aliphatic rings. The number of hydrogen-bond donors (Lipinski definition) is 2. The summed E-state index contributed by atoms with van der Waals surface area (Å²) in [7, 11) is 0. The molecule has 1 aromatic carbocycles. The molecular formula is C19H25ClN4O. The van der Waals surface area contributed by atoms with Crippen molar-refractivity contribution in [2.24, 2.45) is 0 Å². The number of nitrogens with one attached hydrogen (secondary N) is 2. The van der Waals surface area contributed by atoms with Crippen LogP contribution in [0.15, 0.2) is 42.6 Å². The van der Waals surface area contributed by atoms with Gasteiger partial charge in [0.2, 0.25) is 0 Å². The molecule has 2 N–H and O–H groups in total. The van der Waals surface area contributed by atoms with E-state index >= 15 is 0 Å². The van der Waals surface area contributed by atoms with E-state index in [1.165, 1.54) is 5.56 Å². The molecule has 134 valence electrons. The minimum absolute atomic E-state index is 0. The monoisotopic (exact) mass is 360 g/mol. The molecule has 6 heteroatoms. The molecule has 2 fully saturated rings. The lowest BCUT2D eigenvalue weighted by molar-refractivity contribution is 0.0816. The maximum atomic E-state index is 12.7. The summed E-state index contributed by atoms with van der Waals surface area (Å²) in [6.07, 6.45) is 7.35. The predicted molar refractivity (Wildman–Crippen MR) is 100 cm³/mol. The molecule has 1 saturated heterocycles. The van der Waals surface area contributed by atoms with Crippen molar-refractivity contribution in [3.8, 4) is 0 Å². The van der Waals surface area contributed by atoms with E-state index in [9.17, 15) is 4.79 Å². The number of aromatic nitrogens is 2. The van der Waals surface area contributed by atoms with Crippen molar-refractivity contribution >= 4 is 18.3 Å². The summed E-state index contributed by atoms with van der Waals surface area (Å²) in [4.78, 5) is 12.7. The molecule has 4 rings (SSSR count). The second-order valence-corrected chi connectivity index (χ2v) is 6.94. The van der Waals surface area contributed by atoms with Gasteiger partial charge in [0.15, 0.2) is 0 Å². The van der Waals surface area contributed by atoms with Gasteiger partial charge in [0.1, 0.15) is 5.69 Å². The summed E-state index contributed by atoms with van der Waals surface area (Å²) in [5.74, 6) is -0.0685. The van der Waals surface area contributed by atoms with Gasteiger partial charge in [-0.05, 0) is 50.3 Å². The maximum absolute atomic E-state index is 12.7. The van der Waals surface area contributed by atoms with Gasteiger partial charge in [-0.25, -0.2) is 0 Å². The first-order chi connectivity index (χ1) is 11.8. The Kier molecular flexibility index (Phi) is 5.45. The van der Waals surface area contributed by atoms with E-state index in [4.69, 9.17) is 0 Å². The molecule has 1 aliphatic heterocycles. The molecule has 0 radical (unpaired) electrons. The highest BCUT2D eigenvalue weighted by Gasteiger charge is 2.40. The Balaban J connectivity index is 0.00000182. The number of carbonyl (C=O) groups excluding carboxylic acids is 1. The normalized spacial score (nSPS) is 21.7. The summed E-state index contributed by atoms with van der Waals surface area (Å²) >= 11 is 0. The predicted octanol–water partition coefficient (Wildman–Crippen LogP) is 3.04. The lowest BCUT2D eigenvalue weighted by Crippen LogP contribution is -2.50. The fraction of sp³-hybridized carbons (Fsp3) is 0.474. The first-order valence-corrected chi connectivity index (χ1v) is 8.91. The number of nitrogens with zero attached hydrogens (tertiary/aromatic N) is 2. The minimum atomic E-state index is -0.214. The molecule has 2 aromatic rings. The molecule has 1 atom stereocenters. The van der Waals surface area contributed by atoms with Crippen LogP contribution in [0.5, 0.6) is 0 Å². The fourth-order valence-corrected chi connectivity index (χ4v) is 3.78. The van der Waals surface area contributed by atoms with Crippen LogP contribution < -0.4 is 10.6 Å². The van der Waals surface area contributed by atoms with Gasteiger partial charge in [0.05, 0.1) is 11.6 Å². The minimum Gasteiger partial charge on any atom is -0.341 e. The van der Waals surface area contributed by atoms with Crippen LogP contribution in [0.1, 0.15) is 54.2 Å². The lowest BCUT2D eigenvalue weighted by Gasteiger charge is -2.43. The van der Waals surface area contributed by atoms with Crippen molar-refractivity contribution in [2.75, 3.05) is 13.1 Å².